The lowest BCUT2D eigenvalue weighted by molar-refractivity contribution is 0.0486. The highest BCUT2D eigenvalue weighted by atomic mass is 35.5. The van der Waals surface area contributed by atoms with Gasteiger partial charge in [-0.15, -0.1) is 12.4 Å². The molecular weight excluding hydrogens is 264 g/mol. The van der Waals surface area contributed by atoms with Crippen molar-refractivity contribution in [1.82, 2.24) is 5.32 Å². The molecule has 114 valence electrons. The number of carbonyl (C=O) groups excluding carboxylic acids is 1. The third-order valence-corrected chi connectivity index (χ3v) is 3.38. The number of nitrogens with one attached hydrogen (secondary N) is 1. The van der Waals surface area contributed by atoms with Crippen molar-refractivity contribution in [2.45, 2.75) is 70.9 Å². The maximum atomic E-state index is 11.6. The van der Waals surface area contributed by atoms with E-state index in [4.69, 9.17) is 10.5 Å². The van der Waals surface area contributed by atoms with Crippen molar-refractivity contribution in [2.75, 3.05) is 6.54 Å². The van der Waals surface area contributed by atoms with E-state index in [-0.39, 0.29) is 24.5 Å². The molecule has 1 amide bonds. The van der Waals surface area contributed by atoms with Gasteiger partial charge in [0.05, 0.1) is 0 Å². The molecule has 0 spiro atoms. The van der Waals surface area contributed by atoms with Gasteiger partial charge >= 0.3 is 6.09 Å². The lowest BCUT2D eigenvalue weighted by atomic mass is 9.83. The normalized spacial score (nSPS) is 23.4. The van der Waals surface area contributed by atoms with E-state index in [1.54, 1.807) is 0 Å². The summed E-state index contributed by atoms with van der Waals surface area (Å²) < 4.78 is 5.27. The van der Waals surface area contributed by atoms with Gasteiger partial charge in [-0.05, 0) is 71.8 Å². The summed E-state index contributed by atoms with van der Waals surface area (Å²) in [6.07, 6.45) is 6.59. The minimum Gasteiger partial charge on any atom is -0.444 e. The average Bonchev–Trinajstić information content (AvgIpc) is 2.25. The van der Waals surface area contributed by atoms with Gasteiger partial charge in [-0.1, -0.05) is 0 Å². The zero-order valence-corrected chi connectivity index (χ0v) is 13.2. The number of halogens is 1. The summed E-state index contributed by atoms with van der Waals surface area (Å²) in [6, 6.07) is 0.286. The van der Waals surface area contributed by atoms with Gasteiger partial charge in [0.15, 0.2) is 0 Å². The van der Waals surface area contributed by atoms with E-state index in [2.05, 4.69) is 5.32 Å². The number of hydrogen-bond acceptors (Lipinski definition) is 3. The van der Waals surface area contributed by atoms with Crippen LogP contribution < -0.4 is 11.1 Å². The summed E-state index contributed by atoms with van der Waals surface area (Å²) in [5, 5.41) is 2.97. The van der Waals surface area contributed by atoms with Crippen molar-refractivity contribution in [2.24, 2.45) is 11.7 Å². The molecule has 1 saturated carbocycles. The Morgan fingerprint density at radius 2 is 1.84 bits per heavy atom. The predicted octanol–water partition coefficient (Wildman–Crippen LogP) is 3.23. The molecule has 3 N–H and O–H groups in total. The largest absolute Gasteiger partial charge is 0.444 e. The fourth-order valence-electron chi connectivity index (χ4n) is 2.48. The Bertz CT molecular complexity index is 259. The van der Waals surface area contributed by atoms with Crippen LogP contribution in [-0.2, 0) is 4.74 Å². The van der Waals surface area contributed by atoms with Crippen molar-refractivity contribution < 1.29 is 9.53 Å². The molecule has 1 aliphatic carbocycles. The van der Waals surface area contributed by atoms with Crippen LogP contribution in [0.25, 0.3) is 0 Å². The average molecular weight is 293 g/mol. The summed E-state index contributed by atoms with van der Waals surface area (Å²) in [6.45, 7) is 6.44. The molecule has 0 bridgehead atoms. The molecule has 0 aromatic carbocycles. The minimum atomic E-state index is -0.414. The van der Waals surface area contributed by atoms with Crippen LogP contribution in [0.2, 0.25) is 0 Å². The Kier molecular flexibility index (Phi) is 8.42. The van der Waals surface area contributed by atoms with Crippen LogP contribution in [0.1, 0.15) is 59.3 Å². The highest BCUT2D eigenvalue weighted by Crippen LogP contribution is 2.27. The van der Waals surface area contributed by atoms with Gasteiger partial charge in [-0.2, -0.15) is 0 Å². The summed E-state index contributed by atoms with van der Waals surface area (Å²) in [4.78, 5) is 11.6. The standard InChI is InChI=1S/C14H28N2O2.ClH/c1-14(2,3)18-13(17)16-12-8-6-11(7-9-12)5-4-10-15;/h11-12H,4-10,15H2,1-3H3,(H,16,17);1H. The van der Waals surface area contributed by atoms with E-state index in [0.29, 0.717) is 0 Å². The number of carbonyl (C=O) groups is 1. The van der Waals surface area contributed by atoms with E-state index in [0.717, 1.165) is 31.7 Å². The molecule has 0 aliphatic heterocycles. The molecule has 1 fully saturated rings. The number of alkyl carbamates (subject to hydrolysis) is 1. The maximum absolute atomic E-state index is 11.6. The van der Waals surface area contributed by atoms with Crippen LogP contribution in [0.15, 0.2) is 0 Å². The van der Waals surface area contributed by atoms with E-state index >= 15 is 0 Å². The number of nitrogens with two attached hydrogens (primary N) is 1. The summed E-state index contributed by atoms with van der Waals surface area (Å²) in [5.74, 6) is 0.797. The van der Waals surface area contributed by atoms with E-state index in [1.165, 1.54) is 19.3 Å². The van der Waals surface area contributed by atoms with E-state index in [1.807, 2.05) is 20.8 Å². The molecule has 0 saturated heterocycles. The quantitative estimate of drug-likeness (QED) is 0.836. The fraction of sp³-hybridized carbons (Fsp3) is 0.929. The molecule has 19 heavy (non-hydrogen) atoms. The smallest absolute Gasteiger partial charge is 0.407 e. The second-order valence-electron chi connectivity index (χ2n) is 6.29. The number of hydrogen-bond donors (Lipinski definition) is 2. The molecule has 0 unspecified atom stereocenters. The molecule has 4 nitrogen and oxygen atoms in total. The van der Waals surface area contributed by atoms with Crippen LogP contribution in [0.5, 0.6) is 0 Å². The molecule has 1 aliphatic rings. The Morgan fingerprint density at radius 3 is 2.32 bits per heavy atom. The zero-order valence-electron chi connectivity index (χ0n) is 12.4. The van der Waals surface area contributed by atoms with E-state index in [9.17, 15) is 4.79 Å². The molecule has 0 aromatic rings. The maximum Gasteiger partial charge on any atom is 0.407 e. The zero-order chi connectivity index (χ0) is 13.6. The number of ether oxygens (including phenoxy) is 1. The first-order valence-corrected chi connectivity index (χ1v) is 7.10. The van der Waals surface area contributed by atoms with Gasteiger partial charge in [-0.25, -0.2) is 4.79 Å². The second-order valence-corrected chi connectivity index (χ2v) is 6.29. The van der Waals surface area contributed by atoms with Gasteiger partial charge < -0.3 is 15.8 Å². The first-order chi connectivity index (χ1) is 8.40. The lowest BCUT2D eigenvalue weighted by Crippen LogP contribution is -2.40. The molecule has 0 radical (unpaired) electrons. The lowest BCUT2D eigenvalue weighted by Gasteiger charge is -2.30. The molecular formula is C14H29ClN2O2. The van der Waals surface area contributed by atoms with Crippen LogP contribution >= 0.6 is 12.4 Å². The summed E-state index contributed by atoms with van der Waals surface area (Å²) >= 11 is 0. The minimum absolute atomic E-state index is 0. The van der Waals surface area contributed by atoms with Crippen molar-refractivity contribution >= 4 is 18.5 Å². The monoisotopic (exact) mass is 292 g/mol. The van der Waals surface area contributed by atoms with Crippen molar-refractivity contribution in [3.8, 4) is 0 Å². The third-order valence-electron chi connectivity index (χ3n) is 3.38. The van der Waals surface area contributed by atoms with Crippen molar-refractivity contribution in [3.63, 3.8) is 0 Å². The second kappa shape index (κ2) is 8.64. The Balaban J connectivity index is 0.00000324. The highest BCUT2D eigenvalue weighted by Gasteiger charge is 2.24. The highest BCUT2D eigenvalue weighted by molar-refractivity contribution is 5.85. The van der Waals surface area contributed by atoms with E-state index < -0.39 is 5.60 Å². The van der Waals surface area contributed by atoms with Crippen molar-refractivity contribution in [3.05, 3.63) is 0 Å². The summed E-state index contributed by atoms with van der Waals surface area (Å²) in [7, 11) is 0. The van der Waals surface area contributed by atoms with Gasteiger partial charge in [0, 0.05) is 6.04 Å². The predicted molar refractivity (Wildman–Crippen MR) is 80.7 cm³/mol. The Hall–Kier alpha value is -0.480. The molecule has 1 rings (SSSR count). The third kappa shape index (κ3) is 8.32. The van der Waals surface area contributed by atoms with Crippen LogP contribution in [-0.4, -0.2) is 24.3 Å². The van der Waals surface area contributed by atoms with Crippen LogP contribution in [0, 0.1) is 5.92 Å². The van der Waals surface area contributed by atoms with Gasteiger partial charge in [-0.3, -0.25) is 0 Å². The SMILES string of the molecule is CC(C)(C)OC(=O)NC1CCC(CCCN)CC1.Cl. The Labute approximate surface area is 123 Å². The number of rotatable bonds is 4. The van der Waals surface area contributed by atoms with Gasteiger partial charge in [0.1, 0.15) is 5.60 Å². The first-order valence-electron chi connectivity index (χ1n) is 7.10. The molecule has 0 aromatic heterocycles. The van der Waals surface area contributed by atoms with Crippen LogP contribution in [0.3, 0.4) is 0 Å². The topological polar surface area (TPSA) is 64.3 Å². The summed E-state index contributed by atoms with van der Waals surface area (Å²) in [5.41, 5.74) is 5.11. The first kappa shape index (κ1) is 18.5. The van der Waals surface area contributed by atoms with Crippen LogP contribution in [0.4, 0.5) is 4.79 Å². The van der Waals surface area contributed by atoms with Gasteiger partial charge in [0.25, 0.3) is 0 Å². The molecule has 5 heteroatoms. The van der Waals surface area contributed by atoms with Crippen molar-refractivity contribution in [1.29, 1.82) is 0 Å². The Morgan fingerprint density at radius 1 is 1.26 bits per heavy atom. The van der Waals surface area contributed by atoms with Gasteiger partial charge in [0.2, 0.25) is 0 Å². The molecule has 0 atom stereocenters. The number of amides is 1. The molecule has 0 heterocycles. The fourth-order valence-corrected chi connectivity index (χ4v) is 2.48.